The van der Waals surface area contributed by atoms with Gasteiger partial charge in [0.25, 0.3) is 0 Å². The summed E-state index contributed by atoms with van der Waals surface area (Å²) < 4.78 is 20.6. The molecule has 2 nitrogen and oxygen atoms in total. The average Bonchev–Trinajstić information content (AvgIpc) is 2.65. The van der Waals surface area contributed by atoms with E-state index in [-0.39, 0.29) is 17.0 Å². The van der Waals surface area contributed by atoms with Crippen LogP contribution >= 0.6 is 27.5 Å². The zero-order valence-corrected chi connectivity index (χ0v) is 12.7. The Morgan fingerprint density at radius 1 is 1.44 bits per heavy atom. The third-order valence-electron chi connectivity index (χ3n) is 2.82. The number of hydrogen-bond donors (Lipinski definition) is 1. The molecule has 0 spiro atoms. The maximum atomic E-state index is 14.3. The van der Waals surface area contributed by atoms with Gasteiger partial charge in [-0.3, -0.25) is 0 Å². The number of benzene rings is 1. The molecule has 0 bridgehead atoms. The van der Waals surface area contributed by atoms with Crippen molar-refractivity contribution in [2.24, 2.45) is 5.73 Å². The molecular formula is C13H14BrClFNO. The first-order chi connectivity index (χ1) is 8.27. The summed E-state index contributed by atoms with van der Waals surface area (Å²) in [7, 11) is 0. The lowest BCUT2D eigenvalue weighted by Crippen LogP contribution is -2.15. The molecule has 0 unspecified atom stereocenters. The average molecular weight is 335 g/mol. The van der Waals surface area contributed by atoms with Gasteiger partial charge in [-0.05, 0) is 27.4 Å². The molecular weight excluding hydrogens is 321 g/mol. The molecule has 0 saturated heterocycles. The molecule has 0 amide bonds. The van der Waals surface area contributed by atoms with Crippen LogP contribution in [0.3, 0.4) is 0 Å². The normalized spacial score (nSPS) is 12.4. The molecule has 1 aromatic heterocycles. The predicted octanol–water partition coefficient (Wildman–Crippen LogP) is 4.74. The van der Waals surface area contributed by atoms with Gasteiger partial charge in [0.2, 0.25) is 0 Å². The third kappa shape index (κ3) is 2.06. The van der Waals surface area contributed by atoms with Gasteiger partial charge < -0.3 is 10.2 Å². The van der Waals surface area contributed by atoms with Crippen molar-refractivity contribution in [2.75, 3.05) is 0 Å². The van der Waals surface area contributed by atoms with E-state index in [4.69, 9.17) is 21.8 Å². The van der Waals surface area contributed by atoms with Gasteiger partial charge in [0.1, 0.15) is 5.76 Å². The van der Waals surface area contributed by atoms with Crippen molar-refractivity contribution in [3.63, 3.8) is 0 Å². The molecule has 98 valence electrons. The molecule has 0 saturated carbocycles. The second-order valence-electron chi connectivity index (χ2n) is 5.21. The summed E-state index contributed by atoms with van der Waals surface area (Å²) in [6.07, 6.45) is 0. The van der Waals surface area contributed by atoms with E-state index in [1.165, 1.54) is 6.07 Å². The fraction of sp³-hybridized carbons (Fsp3) is 0.385. The highest BCUT2D eigenvalue weighted by Crippen LogP contribution is 2.41. The summed E-state index contributed by atoms with van der Waals surface area (Å²) in [5.41, 5.74) is 6.65. The van der Waals surface area contributed by atoms with Crippen LogP contribution in [0.4, 0.5) is 4.39 Å². The van der Waals surface area contributed by atoms with Crippen molar-refractivity contribution < 1.29 is 8.81 Å². The van der Waals surface area contributed by atoms with Gasteiger partial charge in [0.15, 0.2) is 11.4 Å². The highest BCUT2D eigenvalue weighted by Gasteiger charge is 2.28. The van der Waals surface area contributed by atoms with Crippen LogP contribution in [0.5, 0.6) is 0 Å². The number of fused-ring (bicyclic) bond motifs is 1. The van der Waals surface area contributed by atoms with E-state index in [1.54, 1.807) is 0 Å². The number of hydrogen-bond acceptors (Lipinski definition) is 2. The minimum absolute atomic E-state index is 0.0734. The fourth-order valence-corrected chi connectivity index (χ4v) is 3.00. The lowest BCUT2D eigenvalue weighted by Gasteiger charge is -2.19. The number of rotatable bonds is 1. The van der Waals surface area contributed by atoms with Crippen LogP contribution in [-0.4, -0.2) is 0 Å². The first kappa shape index (κ1) is 13.8. The summed E-state index contributed by atoms with van der Waals surface area (Å²) >= 11 is 9.23. The highest BCUT2D eigenvalue weighted by atomic mass is 79.9. The topological polar surface area (TPSA) is 39.2 Å². The van der Waals surface area contributed by atoms with Crippen LogP contribution in [0.1, 0.15) is 32.1 Å². The minimum atomic E-state index is -0.455. The summed E-state index contributed by atoms with van der Waals surface area (Å²) in [5.74, 6) is 0.141. The Hall–Kier alpha value is -0.580. The van der Waals surface area contributed by atoms with E-state index < -0.39 is 5.82 Å². The first-order valence-corrected chi connectivity index (χ1v) is 6.74. The molecule has 0 radical (unpaired) electrons. The van der Waals surface area contributed by atoms with Crippen molar-refractivity contribution in [1.29, 1.82) is 0 Å². The van der Waals surface area contributed by atoms with E-state index >= 15 is 0 Å². The smallest absolute Gasteiger partial charge is 0.153 e. The zero-order valence-electron chi connectivity index (χ0n) is 10.4. The van der Waals surface area contributed by atoms with Crippen molar-refractivity contribution in [1.82, 2.24) is 0 Å². The largest absolute Gasteiger partial charge is 0.458 e. The lowest BCUT2D eigenvalue weighted by atomic mass is 9.84. The van der Waals surface area contributed by atoms with Crippen LogP contribution in [0.2, 0.25) is 5.02 Å². The van der Waals surface area contributed by atoms with Crippen molar-refractivity contribution in [3.05, 3.63) is 32.7 Å². The van der Waals surface area contributed by atoms with Gasteiger partial charge in [0.05, 0.1) is 21.4 Å². The van der Waals surface area contributed by atoms with E-state index in [2.05, 4.69) is 15.9 Å². The zero-order chi connectivity index (χ0) is 13.7. The molecule has 2 rings (SSSR count). The summed E-state index contributed by atoms with van der Waals surface area (Å²) in [6, 6.07) is 1.50. The van der Waals surface area contributed by atoms with Crippen molar-refractivity contribution in [3.8, 4) is 0 Å². The molecule has 18 heavy (non-hydrogen) atoms. The van der Waals surface area contributed by atoms with Gasteiger partial charge >= 0.3 is 0 Å². The van der Waals surface area contributed by atoms with Gasteiger partial charge in [-0.15, -0.1) is 0 Å². The minimum Gasteiger partial charge on any atom is -0.458 e. The van der Waals surface area contributed by atoms with E-state index in [0.717, 1.165) is 5.56 Å². The standard InChI is InChI=1S/C13H14BrClFNO/c1-13(2,3)10-8(5-17)18-12-6(14)4-7(15)11(16)9(10)12/h4H,5,17H2,1-3H3. The fourth-order valence-electron chi connectivity index (χ4n) is 2.15. The highest BCUT2D eigenvalue weighted by molar-refractivity contribution is 9.10. The second-order valence-corrected chi connectivity index (χ2v) is 6.47. The summed E-state index contributed by atoms with van der Waals surface area (Å²) in [4.78, 5) is 0. The Morgan fingerprint density at radius 2 is 2.06 bits per heavy atom. The van der Waals surface area contributed by atoms with Gasteiger partial charge in [-0.1, -0.05) is 32.4 Å². The van der Waals surface area contributed by atoms with Crippen LogP contribution < -0.4 is 5.73 Å². The lowest BCUT2D eigenvalue weighted by molar-refractivity contribution is 0.510. The molecule has 5 heteroatoms. The molecule has 2 aromatic rings. The van der Waals surface area contributed by atoms with Gasteiger partial charge in [-0.2, -0.15) is 0 Å². The van der Waals surface area contributed by atoms with E-state index in [0.29, 0.717) is 21.2 Å². The van der Waals surface area contributed by atoms with Crippen LogP contribution in [0, 0.1) is 5.82 Å². The van der Waals surface area contributed by atoms with Crippen LogP contribution in [0.15, 0.2) is 15.0 Å². The maximum absolute atomic E-state index is 14.3. The Bertz CT molecular complexity index is 616. The summed E-state index contributed by atoms with van der Waals surface area (Å²) in [6.45, 7) is 6.20. The molecule has 1 aromatic carbocycles. The SMILES string of the molecule is CC(C)(C)c1c(CN)oc2c(Br)cc(Cl)c(F)c12. The molecule has 0 aliphatic heterocycles. The number of furan rings is 1. The molecule has 1 heterocycles. The van der Waals surface area contributed by atoms with Gasteiger partial charge in [0, 0.05) is 5.56 Å². The predicted molar refractivity (Wildman–Crippen MR) is 75.5 cm³/mol. The van der Waals surface area contributed by atoms with Crippen molar-refractivity contribution >= 4 is 38.5 Å². The molecule has 0 atom stereocenters. The van der Waals surface area contributed by atoms with Gasteiger partial charge in [-0.25, -0.2) is 4.39 Å². The van der Waals surface area contributed by atoms with Crippen molar-refractivity contribution in [2.45, 2.75) is 32.7 Å². The molecule has 0 fully saturated rings. The Morgan fingerprint density at radius 3 is 2.56 bits per heavy atom. The van der Waals surface area contributed by atoms with E-state index in [9.17, 15) is 4.39 Å². The molecule has 0 aliphatic carbocycles. The third-order valence-corrected chi connectivity index (χ3v) is 3.68. The van der Waals surface area contributed by atoms with E-state index in [1.807, 2.05) is 20.8 Å². The van der Waals surface area contributed by atoms with Crippen LogP contribution in [-0.2, 0) is 12.0 Å². The number of halogens is 3. The summed E-state index contributed by atoms with van der Waals surface area (Å²) in [5, 5.41) is 0.492. The maximum Gasteiger partial charge on any atom is 0.153 e. The monoisotopic (exact) mass is 333 g/mol. The molecule has 0 aliphatic rings. The Kier molecular flexibility index (Phi) is 3.47. The quantitative estimate of drug-likeness (QED) is 0.765. The number of nitrogens with two attached hydrogens (primary N) is 1. The molecule has 2 N–H and O–H groups in total. The Balaban J connectivity index is 2.99. The first-order valence-electron chi connectivity index (χ1n) is 5.56. The second kappa shape index (κ2) is 4.51. The van der Waals surface area contributed by atoms with Crippen LogP contribution in [0.25, 0.3) is 11.0 Å². The Labute approximate surface area is 118 Å².